The average Bonchev–Trinajstić information content (AvgIpc) is 3.13. The van der Waals surface area contributed by atoms with E-state index in [1.54, 1.807) is 7.05 Å². The van der Waals surface area contributed by atoms with Gasteiger partial charge in [-0.05, 0) is 42.3 Å². The van der Waals surface area contributed by atoms with Gasteiger partial charge in [0, 0.05) is 17.2 Å². The summed E-state index contributed by atoms with van der Waals surface area (Å²) in [6, 6.07) is 7.46. The molecule has 0 unspecified atom stereocenters. The van der Waals surface area contributed by atoms with Crippen molar-refractivity contribution in [2.45, 2.75) is 12.8 Å². The topological polar surface area (TPSA) is 72.7 Å². The van der Waals surface area contributed by atoms with Crippen molar-refractivity contribution in [3.05, 3.63) is 24.3 Å². The zero-order valence-corrected chi connectivity index (χ0v) is 10.00. The van der Waals surface area contributed by atoms with Crippen molar-refractivity contribution in [1.82, 2.24) is 20.2 Å². The highest BCUT2D eigenvalue weighted by atomic mass is 16.2. The molecular weight excluding hydrogens is 230 g/mol. The van der Waals surface area contributed by atoms with Crippen LogP contribution in [0.3, 0.4) is 0 Å². The van der Waals surface area contributed by atoms with Crippen LogP contribution in [0.15, 0.2) is 24.3 Å². The number of carbonyl (C=O) groups is 1. The van der Waals surface area contributed by atoms with E-state index in [4.69, 9.17) is 0 Å². The van der Waals surface area contributed by atoms with Crippen molar-refractivity contribution >= 4 is 11.6 Å². The molecule has 6 nitrogen and oxygen atoms in total. The smallest absolute Gasteiger partial charge is 0.227 e. The third-order valence-corrected chi connectivity index (χ3v) is 2.87. The maximum atomic E-state index is 11.6. The van der Waals surface area contributed by atoms with Crippen LogP contribution in [0.25, 0.3) is 11.4 Å². The van der Waals surface area contributed by atoms with Crippen LogP contribution in [0.1, 0.15) is 12.8 Å². The molecule has 3 rings (SSSR count). The molecule has 0 bridgehead atoms. The summed E-state index contributed by atoms with van der Waals surface area (Å²) in [4.78, 5) is 13.0. The quantitative estimate of drug-likeness (QED) is 0.879. The summed E-state index contributed by atoms with van der Waals surface area (Å²) in [5, 5.41) is 14.7. The van der Waals surface area contributed by atoms with Crippen molar-refractivity contribution in [3.63, 3.8) is 0 Å². The molecule has 0 saturated heterocycles. The van der Waals surface area contributed by atoms with Gasteiger partial charge in [0.15, 0.2) is 0 Å². The maximum Gasteiger partial charge on any atom is 0.227 e. The molecule has 1 N–H and O–H groups in total. The minimum Gasteiger partial charge on any atom is -0.326 e. The van der Waals surface area contributed by atoms with Gasteiger partial charge < -0.3 is 5.32 Å². The molecule has 1 aliphatic carbocycles. The normalized spacial score (nSPS) is 14.5. The number of nitrogens with one attached hydrogen (secondary N) is 1. The first-order valence-corrected chi connectivity index (χ1v) is 5.88. The molecule has 1 aliphatic rings. The Hall–Kier alpha value is -2.24. The predicted octanol–water partition coefficient (Wildman–Crippen LogP) is 1.23. The number of aryl methyl sites for hydroxylation is 1. The standard InChI is InChI=1S/C12H13N5O/c1-17-15-11(14-16-17)8-4-6-10(7-5-8)13-12(18)9-2-3-9/h4-7,9H,2-3H2,1H3,(H,13,18). The molecule has 1 fully saturated rings. The van der Waals surface area contributed by atoms with Gasteiger partial charge in [0.05, 0.1) is 7.05 Å². The Morgan fingerprint density at radius 1 is 1.33 bits per heavy atom. The highest BCUT2D eigenvalue weighted by molar-refractivity contribution is 5.94. The van der Waals surface area contributed by atoms with E-state index in [1.807, 2.05) is 24.3 Å². The number of rotatable bonds is 3. The van der Waals surface area contributed by atoms with Gasteiger partial charge in [0.2, 0.25) is 11.7 Å². The lowest BCUT2D eigenvalue weighted by atomic mass is 10.2. The summed E-state index contributed by atoms with van der Waals surface area (Å²) in [6.45, 7) is 0. The number of tetrazole rings is 1. The average molecular weight is 243 g/mol. The van der Waals surface area contributed by atoms with Crippen LogP contribution >= 0.6 is 0 Å². The molecule has 1 aromatic carbocycles. The molecule has 0 spiro atoms. The highest BCUT2D eigenvalue weighted by Gasteiger charge is 2.29. The van der Waals surface area contributed by atoms with Gasteiger partial charge in [-0.25, -0.2) is 0 Å². The van der Waals surface area contributed by atoms with E-state index in [0.29, 0.717) is 5.82 Å². The number of carbonyl (C=O) groups excluding carboxylic acids is 1. The molecule has 1 aromatic heterocycles. The van der Waals surface area contributed by atoms with Crippen LogP contribution in [-0.4, -0.2) is 26.1 Å². The van der Waals surface area contributed by atoms with E-state index < -0.39 is 0 Å². The number of benzene rings is 1. The lowest BCUT2D eigenvalue weighted by Gasteiger charge is -2.04. The van der Waals surface area contributed by atoms with Crippen LogP contribution in [-0.2, 0) is 11.8 Å². The predicted molar refractivity (Wildman–Crippen MR) is 65.6 cm³/mol. The summed E-state index contributed by atoms with van der Waals surface area (Å²) < 4.78 is 0. The first-order chi connectivity index (χ1) is 8.72. The third-order valence-electron chi connectivity index (χ3n) is 2.87. The second kappa shape index (κ2) is 4.21. The van der Waals surface area contributed by atoms with Crippen LogP contribution in [0.5, 0.6) is 0 Å². The Morgan fingerprint density at radius 2 is 2.06 bits per heavy atom. The summed E-state index contributed by atoms with van der Waals surface area (Å²) in [5.74, 6) is 0.907. The van der Waals surface area contributed by atoms with Gasteiger partial charge in [-0.15, -0.1) is 10.2 Å². The van der Waals surface area contributed by atoms with Crippen LogP contribution in [0, 0.1) is 5.92 Å². The number of amides is 1. The number of aromatic nitrogens is 4. The molecule has 0 radical (unpaired) electrons. The fourth-order valence-electron chi connectivity index (χ4n) is 1.69. The largest absolute Gasteiger partial charge is 0.326 e. The van der Waals surface area contributed by atoms with E-state index in [-0.39, 0.29) is 11.8 Å². The second-order valence-electron chi connectivity index (χ2n) is 4.44. The van der Waals surface area contributed by atoms with Gasteiger partial charge in [-0.2, -0.15) is 4.80 Å². The number of anilines is 1. The maximum absolute atomic E-state index is 11.6. The Morgan fingerprint density at radius 3 is 2.61 bits per heavy atom. The fraction of sp³-hybridized carbons (Fsp3) is 0.333. The fourth-order valence-corrected chi connectivity index (χ4v) is 1.69. The molecule has 2 aromatic rings. The zero-order valence-electron chi connectivity index (χ0n) is 10.00. The van der Waals surface area contributed by atoms with Gasteiger partial charge in [0.1, 0.15) is 0 Å². The lowest BCUT2D eigenvalue weighted by molar-refractivity contribution is -0.117. The molecule has 1 amide bonds. The highest BCUT2D eigenvalue weighted by Crippen LogP contribution is 2.30. The zero-order chi connectivity index (χ0) is 12.5. The first kappa shape index (κ1) is 10.9. The van der Waals surface area contributed by atoms with E-state index in [2.05, 4.69) is 20.7 Å². The molecule has 1 heterocycles. The Balaban J connectivity index is 1.74. The summed E-state index contributed by atoms with van der Waals surface area (Å²) in [7, 11) is 1.72. The Labute approximate surface area is 104 Å². The van der Waals surface area contributed by atoms with Gasteiger partial charge in [0.25, 0.3) is 0 Å². The Bertz CT molecular complexity index is 570. The van der Waals surface area contributed by atoms with Gasteiger partial charge in [-0.3, -0.25) is 4.79 Å². The second-order valence-corrected chi connectivity index (χ2v) is 4.44. The van der Waals surface area contributed by atoms with Crippen molar-refractivity contribution in [3.8, 4) is 11.4 Å². The van der Waals surface area contributed by atoms with Crippen molar-refractivity contribution in [2.75, 3.05) is 5.32 Å². The first-order valence-electron chi connectivity index (χ1n) is 5.88. The summed E-state index contributed by atoms with van der Waals surface area (Å²) in [5.41, 5.74) is 1.69. The van der Waals surface area contributed by atoms with E-state index in [9.17, 15) is 4.79 Å². The number of nitrogens with zero attached hydrogens (tertiary/aromatic N) is 4. The number of hydrogen-bond acceptors (Lipinski definition) is 4. The van der Waals surface area contributed by atoms with Crippen LogP contribution < -0.4 is 5.32 Å². The van der Waals surface area contributed by atoms with E-state index in [1.165, 1.54) is 4.80 Å². The molecule has 18 heavy (non-hydrogen) atoms. The third kappa shape index (κ3) is 2.22. The van der Waals surface area contributed by atoms with Crippen molar-refractivity contribution in [1.29, 1.82) is 0 Å². The van der Waals surface area contributed by atoms with Crippen molar-refractivity contribution < 1.29 is 4.79 Å². The number of hydrogen-bond donors (Lipinski definition) is 1. The Kier molecular flexibility index (Phi) is 2.55. The van der Waals surface area contributed by atoms with Crippen molar-refractivity contribution in [2.24, 2.45) is 13.0 Å². The molecule has 0 aliphatic heterocycles. The van der Waals surface area contributed by atoms with E-state index >= 15 is 0 Å². The SMILES string of the molecule is Cn1nnc(-c2ccc(NC(=O)C3CC3)cc2)n1. The van der Waals surface area contributed by atoms with Gasteiger partial charge >= 0.3 is 0 Å². The minimum absolute atomic E-state index is 0.111. The molecule has 92 valence electrons. The van der Waals surface area contributed by atoms with E-state index in [0.717, 1.165) is 24.1 Å². The lowest BCUT2D eigenvalue weighted by Crippen LogP contribution is -2.12. The molecule has 0 atom stereocenters. The molecular formula is C12H13N5O. The van der Waals surface area contributed by atoms with Gasteiger partial charge in [-0.1, -0.05) is 0 Å². The van der Waals surface area contributed by atoms with Crippen LogP contribution in [0.4, 0.5) is 5.69 Å². The minimum atomic E-state index is 0.111. The summed E-state index contributed by atoms with van der Waals surface area (Å²) >= 11 is 0. The monoisotopic (exact) mass is 243 g/mol. The molecule has 1 saturated carbocycles. The molecule has 6 heteroatoms. The van der Waals surface area contributed by atoms with Crippen LogP contribution in [0.2, 0.25) is 0 Å². The summed E-state index contributed by atoms with van der Waals surface area (Å²) in [6.07, 6.45) is 2.01.